The van der Waals surface area contributed by atoms with Crippen molar-refractivity contribution in [3.63, 3.8) is 0 Å². The van der Waals surface area contributed by atoms with Crippen LogP contribution < -0.4 is 11.1 Å². The van der Waals surface area contributed by atoms with Gasteiger partial charge in [0.15, 0.2) is 0 Å². The molecule has 5 nitrogen and oxygen atoms in total. The predicted molar refractivity (Wildman–Crippen MR) is 66.3 cm³/mol. The van der Waals surface area contributed by atoms with Crippen molar-refractivity contribution in [2.24, 2.45) is 11.1 Å². The summed E-state index contributed by atoms with van der Waals surface area (Å²) in [7, 11) is 0. The molecule has 0 aromatic heterocycles. The lowest BCUT2D eigenvalue weighted by Gasteiger charge is -2.26. The van der Waals surface area contributed by atoms with Gasteiger partial charge in [-0.05, 0) is 24.7 Å². The summed E-state index contributed by atoms with van der Waals surface area (Å²) in [6.07, 6.45) is 3.10. The molecule has 0 bridgehead atoms. The molecule has 1 aliphatic heterocycles. The SMILES string of the molecule is CCC1(CC)CCN(C(=O)C(=O)NCCN)C1. The van der Waals surface area contributed by atoms with Gasteiger partial charge in [0, 0.05) is 26.2 Å². The van der Waals surface area contributed by atoms with Crippen molar-refractivity contribution in [2.45, 2.75) is 33.1 Å². The second-order valence-electron chi connectivity index (χ2n) is 4.73. The maximum absolute atomic E-state index is 11.8. The largest absolute Gasteiger partial charge is 0.347 e. The van der Waals surface area contributed by atoms with Gasteiger partial charge >= 0.3 is 11.8 Å². The first-order valence-corrected chi connectivity index (χ1v) is 6.35. The lowest BCUT2D eigenvalue weighted by molar-refractivity contribution is -0.145. The van der Waals surface area contributed by atoms with Gasteiger partial charge in [-0.2, -0.15) is 0 Å². The molecule has 0 aromatic rings. The number of nitrogens with one attached hydrogen (secondary N) is 1. The number of rotatable bonds is 4. The first-order valence-electron chi connectivity index (χ1n) is 6.35. The molecule has 2 amide bonds. The summed E-state index contributed by atoms with van der Waals surface area (Å²) < 4.78 is 0. The van der Waals surface area contributed by atoms with Crippen LogP contribution in [0.25, 0.3) is 0 Å². The van der Waals surface area contributed by atoms with Crippen LogP contribution in [0.2, 0.25) is 0 Å². The van der Waals surface area contributed by atoms with Crippen LogP contribution in [0, 0.1) is 5.41 Å². The minimum Gasteiger partial charge on any atom is -0.347 e. The number of amides is 2. The highest BCUT2D eigenvalue weighted by molar-refractivity contribution is 6.35. The average Bonchev–Trinajstić information content (AvgIpc) is 2.80. The number of carbonyl (C=O) groups excluding carboxylic acids is 2. The van der Waals surface area contributed by atoms with Crippen LogP contribution in [0.1, 0.15) is 33.1 Å². The van der Waals surface area contributed by atoms with E-state index in [4.69, 9.17) is 5.73 Å². The fraction of sp³-hybridized carbons (Fsp3) is 0.833. The van der Waals surface area contributed by atoms with E-state index in [9.17, 15) is 9.59 Å². The molecule has 0 aliphatic carbocycles. The van der Waals surface area contributed by atoms with Gasteiger partial charge in [-0.3, -0.25) is 9.59 Å². The second-order valence-corrected chi connectivity index (χ2v) is 4.73. The van der Waals surface area contributed by atoms with Crippen molar-refractivity contribution in [3.05, 3.63) is 0 Å². The maximum Gasteiger partial charge on any atom is 0.311 e. The van der Waals surface area contributed by atoms with Gasteiger partial charge in [0.2, 0.25) is 0 Å². The van der Waals surface area contributed by atoms with E-state index in [1.807, 2.05) is 0 Å². The third-order valence-corrected chi connectivity index (χ3v) is 3.85. The Bertz CT molecular complexity index is 287. The van der Waals surface area contributed by atoms with Crippen molar-refractivity contribution in [3.8, 4) is 0 Å². The molecule has 98 valence electrons. The highest BCUT2D eigenvalue weighted by atomic mass is 16.2. The minimum absolute atomic E-state index is 0.212. The molecule has 0 atom stereocenters. The molecule has 17 heavy (non-hydrogen) atoms. The third kappa shape index (κ3) is 3.19. The molecule has 0 aromatic carbocycles. The Labute approximate surface area is 103 Å². The molecule has 0 saturated carbocycles. The van der Waals surface area contributed by atoms with Gasteiger partial charge in [-0.1, -0.05) is 13.8 Å². The Kier molecular flexibility index (Phi) is 4.93. The van der Waals surface area contributed by atoms with Crippen LogP contribution in [-0.2, 0) is 9.59 Å². The van der Waals surface area contributed by atoms with Crippen LogP contribution in [0.4, 0.5) is 0 Å². The van der Waals surface area contributed by atoms with Crippen molar-refractivity contribution in [1.82, 2.24) is 10.2 Å². The Balaban J connectivity index is 2.53. The zero-order valence-electron chi connectivity index (χ0n) is 10.8. The topological polar surface area (TPSA) is 75.4 Å². The van der Waals surface area contributed by atoms with Gasteiger partial charge in [0.05, 0.1) is 0 Å². The van der Waals surface area contributed by atoms with Crippen LogP contribution in [0.15, 0.2) is 0 Å². The van der Waals surface area contributed by atoms with Gasteiger partial charge in [0.1, 0.15) is 0 Å². The molecule has 1 rings (SSSR count). The summed E-state index contributed by atoms with van der Waals surface area (Å²) in [6, 6.07) is 0. The second kappa shape index (κ2) is 6.00. The number of hydrogen-bond acceptors (Lipinski definition) is 3. The van der Waals surface area contributed by atoms with Crippen LogP contribution >= 0.6 is 0 Å². The maximum atomic E-state index is 11.8. The number of carbonyl (C=O) groups is 2. The zero-order chi connectivity index (χ0) is 12.9. The summed E-state index contributed by atoms with van der Waals surface area (Å²) >= 11 is 0. The van der Waals surface area contributed by atoms with Gasteiger partial charge < -0.3 is 16.0 Å². The van der Waals surface area contributed by atoms with Crippen molar-refractivity contribution in [1.29, 1.82) is 0 Å². The quantitative estimate of drug-likeness (QED) is 0.685. The molecular formula is C12H23N3O2. The van der Waals surface area contributed by atoms with Gasteiger partial charge in [0.25, 0.3) is 0 Å². The molecule has 3 N–H and O–H groups in total. The normalized spacial score (nSPS) is 18.2. The fourth-order valence-electron chi connectivity index (χ4n) is 2.34. The molecular weight excluding hydrogens is 218 g/mol. The van der Waals surface area contributed by atoms with Crippen molar-refractivity contribution in [2.75, 3.05) is 26.2 Å². The smallest absolute Gasteiger partial charge is 0.311 e. The molecule has 1 fully saturated rings. The molecule has 1 saturated heterocycles. The van der Waals surface area contributed by atoms with Gasteiger partial charge in [-0.15, -0.1) is 0 Å². The average molecular weight is 241 g/mol. The lowest BCUT2D eigenvalue weighted by atomic mass is 9.82. The van der Waals surface area contributed by atoms with Crippen LogP contribution in [0.3, 0.4) is 0 Å². The molecule has 1 aliphatic rings. The Morgan fingerprint density at radius 1 is 1.35 bits per heavy atom. The van der Waals surface area contributed by atoms with Crippen molar-refractivity contribution < 1.29 is 9.59 Å². The Morgan fingerprint density at radius 2 is 2.00 bits per heavy atom. The minimum atomic E-state index is -0.529. The summed E-state index contributed by atoms with van der Waals surface area (Å²) in [5, 5.41) is 2.52. The fourth-order valence-corrected chi connectivity index (χ4v) is 2.34. The third-order valence-electron chi connectivity index (χ3n) is 3.85. The van der Waals surface area contributed by atoms with E-state index < -0.39 is 11.8 Å². The standard InChI is InChI=1S/C12H23N3O2/c1-3-12(4-2)5-8-15(9-12)11(17)10(16)14-7-6-13/h3-9,13H2,1-2H3,(H,14,16). The Hall–Kier alpha value is -1.10. The predicted octanol–water partition coefficient (Wildman–Crippen LogP) is 0.100. The van der Waals surface area contributed by atoms with E-state index in [-0.39, 0.29) is 5.41 Å². The molecule has 0 unspecified atom stereocenters. The van der Waals surface area contributed by atoms with Crippen LogP contribution in [-0.4, -0.2) is 42.9 Å². The van der Waals surface area contributed by atoms with Crippen LogP contribution in [0.5, 0.6) is 0 Å². The Morgan fingerprint density at radius 3 is 2.47 bits per heavy atom. The van der Waals surface area contributed by atoms with Crippen molar-refractivity contribution >= 4 is 11.8 Å². The number of nitrogens with zero attached hydrogens (tertiary/aromatic N) is 1. The number of hydrogen-bond donors (Lipinski definition) is 2. The number of nitrogens with two attached hydrogens (primary N) is 1. The number of likely N-dealkylation sites (tertiary alicyclic amines) is 1. The van der Waals surface area contributed by atoms with Gasteiger partial charge in [-0.25, -0.2) is 0 Å². The highest BCUT2D eigenvalue weighted by Crippen LogP contribution is 2.36. The molecule has 0 spiro atoms. The first kappa shape index (κ1) is 14.0. The zero-order valence-corrected chi connectivity index (χ0v) is 10.8. The van der Waals surface area contributed by atoms with E-state index in [1.165, 1.54) is 0 Å². The molecule has 0 radical (unpaired) electrons. The monoisotopic (exact) mass is 241 g/mol. The van der Waals surface area contributed by atoms with E-state index >= 15 is 0 Å². The first-order chi connectivity index (χ1) is 8.08. The van der Waals surface area contributed by atoms with E-state index in [1.54, 1.807) is 4.90 Å². The molecule has 1 heterocycles. The lowest BCUT2D eigenvalue weighted by Crippen LogP contribution is -2.44. The van der Waals surface area contributed by atoms with E-state index in [0.29, 0.717) is 26.2 Å². The summed E-state index contributed by atoms with van der Waals surface area (Å²) in [4.78, 5) is 25.0. The summed E-state index contributed by atoms with van der Waals surface area (Å²) in [5.74, 6) is -0.944. The molecule has 5 heteroatoms. The summed E-state index contributed by atoms with van der Waals surface area (Å²) in [5.41, 5.74) is 5.49. The van der Waals surface area contributed by atoms with E-state index in [2.05, 4.69) is 19.2 Å². The highest BCUT2D eigenvalue weighted by Gasteiger charge is 2.38. The van der Waals surface area contributed by atoms with E-state index in [0.717, 1.165) is 19.3 Å². The summed E-state index contributed by atoms with van der Waals surface area (Å²) in [6.45, 7) is 6.39.